The van der Waals surface area contributed by atoms with E-state index >= 15 is 0 Å². The molecule has 1 saturated heterocycles. The average molecular weight is 280 g/mol. The molecule has 1 aliphatic heterocycles. The number of carbonyl (C=O) groups is 2. The maximum absolute atomic E-state index is 12.3. The first-order chi connectivity index (χ1) is 9.27. The highest BCUT2D eigenvalue weighted by atomic mass is 32.1. The molecule has 19 heavy (non-hydrogen) atoms. The van der Waals surface area contributed by atoms with Crippen LogP contribution in [0.2, 0.25) is 0 Å². The fourth-order valence-electron chi connectivity index (χ4n) is 2.20. The summed E-state index contributed by atoms with van der Waals surface area (Å²) in [4.78, 5) is 26.5. The number of hydrogen-bond donors (Lipinski definition) is 1. The van der Waals surface area contributed by atoms with Gasteiger partial charge in [0.25, 0.3) is 5.91 Å². The highest BCUT2D eigenvalue weighted by Gasteiger charge is 2.17. The van der Waals surface area contributed by atoms with E-state index in [0.717, 1.165) is 43.6 Å². The van der Waals surface area contributed by atoms with Gasteiger partial charge in [-0.3, -0.25) is 9.59 Å². The molecular weight excluding hydrogens is 260 g/mol. The number of nitrogens with zero attached hydrogens (tertiary/aromatic N) is 1. The lowest BCUT2D eigenvalue weighted by atomic mass is 10.2. The van der Waals surface area contributed by atoms with E-state index in [2.05, 4.69) is 5.32 Å². The molecule has 2 heterocycles. The number of nitrogens with one attached hydrogen (secondary N) is 1. The molecule has 2 rings (SSSR count). The largest absolute Gasteiger partial charge is 0.356 e. The molecule has 0 aliphatic carbocycles. The minimum Gasteiger partial charge on any atom is -0.356 e. The van der Waals surface area contributed by atoms with Crippen LogP contribution < -0.4 is 5.32 Å². The van der Waals surface area contributed by atoms with Gasteiger partial charge < -0.3 is 10.2 Å². The summed E-state index contributed by atoms with van der Waals surface area (Å²) < 4.78 is 0. The van der Waals surface area contributed by atoms with E-state index in [1.165, 1.54) is 11.3 Å². The fourth-order valence-corrected chi connectivity index (χ4v) is 2.90. The topological polar surface area (TPSA) is 49.4 Å². The van der Waals surface area contributed by atoms with Crippen molar-refractivity contribution in [2.75, 3.05) is 19.6 Å². The first kappa shape index (κ1) is 14.1. The van der Waals surface area contributed by atoms with Crippen molar-refractivity contribution in [2.24, 2.45) is 0 Å². The second-order valence-electron chi connectivity index (χ2n) is 4.78. The minimum absolute atomic E-state index is 0.0471. The minimum atomic E-state index is 0.0471. The van der Waals surface area contributed by atoms with Gasteiger partial charge in [0.1, 0.15) is 0 Å². The average Bonchev–Trinajstić information content (AvgIpc) is 2.92. The molecule has 1 fully saturated rings. The van der Waals surface area contributed by atoms with Gasteiger partial charge in [0.05, 0.1) is 4.88 Å². The van der Waals surface area contributed by atoms with E-state index in [0.29, 0.717) is 13.0 Å². The second kappa shape index (κ2) is 7.28. The Bertz CT molecular complexity index is 417. The van der Waals surface area contributed by atoms with Crippen molar-refractivity contribution >= 4 is 23.2 Å². The molecular formula is C14H20N2O2S. The van der Waals surface area contributed by atoms with Crippen molar-refractivity contribution in [1.29, 1.82) is 0 Å². The molecule has 104 valence electrons. The van der Waals surface area contributed by atoms with E-state index < -0.39 is 0 Å². The summed E-state index contributed by atoms with van der Waals surface area (Å²) in [5.74, 6) is 0.105. The van der Waals surface area contributed by atoms with Crippen molar-refractivity contribution in [2.45, 2.75) is 32.1 Å². The fraction of sp³-hybridized carbons (Fsp3) is 0.571. The van der Waals surface area contributed by atoms with Gasteiger partial charge in [-0.1, -0.05) is 18.9 Å². The summed E-state index contributed by atoms with van der Waals surface area (Å²) in [6.45, 7) is 2.03. The lowest BCUT2D eigenvalue weighted by Crippen LogP contribution is -2.35. The Hall–Kier alpha value is -1.36. The predicted octanol–water partition coefficient (Wildman–Crippen LogP) is 2.27. The molecule has 0 spiro atoms. The number of rotatable bonds is 1. The van der Waals surface area contributed by atoms with Gasteiger partial charge in [0.2, 0.25) is 5.91 Å². The Balaban J connectivity index is 1.98. The molecule has 4 nitrogen and oxygen atoms in total. The van der Waals surface area contributed by atoms with Crippen molar-refractivity contribution in [1.82, 2.24) is 10.2 Å². The van der Waals surface area contributed by atoms with Crippen molar-refractivity contribution < 1.29 is 9.59 Å². The molecule has 0 atom stereocenters. The lowest BCUT2D eigenvalue weighted by molar-refractivity contribution is -0.121. The Morgan fingerprint density at radius 2 is 2.05 bits per heavy atom. The Kier molecular flexibility index (Phi) is 5.39. The third-order valence-electron chi connectivity index (χ3n) is 3.30. The zero-order chi connectivity index (χ0) is 13.5. The van der Waals surface area contributed by atoms with Crippen LogP contribution in [0.3, 0.4) is 0 Å². The molecule has 0 saturated carbocycles. The van der Waals surface area contributed by atoms with Crippen LogP contribution >= 0.6 is 11.3 Å². The molecule has 0 unspecified atom stereocenters. The summed E-state index contributed by atoms with van der Waals surface area (Å²) in [5, 5.41) is 4.81. The molecule has 2 amide bonds. The van der Waals surface area contributed by atoms with Crippen molar-refractivity contribution in [3.8, 4) is 0 Å². The van der Waals surface area contributed by atoms with Crippen molar-refractivity contribution in [3.63, 3.8) is 0 Å². The monoisotopic (exact) mass is 280 g/mol. The Morgan fingerprint density at radius 3 is 2.84 bits per heavy atom. The van der Waals surface area contributed by atoms with E-state index in [1.54, 1.807) is 0 Å². The third kappa shape index (κ3) is 4.35. The number of hydrogen-bond acceptors (Lipinski definition) is 3. The van der Waals surface area contributed by atoms with Gasteiger partial charge >= 0.3 is 0 Å². The summed E-state index contributed by atoms with van der Waals surface area (Å²) in [5.41, 5.74) is 0. The molecule has 1 aromatic rings. The predicted molar refractivity (Wildman–Crippen MR) is 76.3 cm³/mol. The molecule has 1 N–H and O–H groups in total. The summed E-state index contributed by atoms with van der Waals surface area (Å²) in [6, 6.07) is 3.73. The summed E-state index contributed by atoms with van der Waals surface area (Å²) in [6.07, 6.45) is 4.68. The van der Waals surface area contributed by atoms with E-state index in [4.69, 9.17) is 0 Å². The normalized spacial score (nSPS) is 18.5. The Morgan fingerprint density at radius 1 is 1.21 bits per heavy atom. The number of thiophene rings is 1. The quantitative estimate of drug-likeness (QED) is 0.858. The van der Waals surface area contributed by atoms with Crippen LogP contribution in [0, 0.1) is 0 Å². The first-order valence-corrected chi connectivity index (χ1v) is 7.75. The standard InChI is InChI=1S/C14H20N2O2S/c17-13-7-10-16(9-4-2-1-3-8-15-13)14(18)12-6-5-11-19-12/h5-6,11H,1-4,7-10H2,(H,15,17). The van der Waals surface area contributed by atoms with Crippen LogP contribution in [-0.2, 0) is 4.79 Å². The molecule has 1 aromatic heterocycles. The van der Waals surface area contributed by atoms with Crippen LogP contribution in [-0.4, -0.2) is 36.3 Å². The van der Waals surface area contributed by atoms with Gasteiger partial charge in [-0.15, -0.1) is 11.3 Å². The SMILES string of the molecule is O=C1CCN(C(=O)c2cccs2)CCCCCCN1. The van der Waals surface area contributed by atoms with E-state index in [-0.39, 0.29) is 11.8 Å². The third-order valence-corrected chi connectivity index (χ3v) is 4.16. The molecule has 1 aliphatic rings. The van der Waals surface area contributed by atoms with Crippen LogP contribution in [0.25, 0.3) is 0 Å². The van der Waals surface area contributed by atoms with Gasteiger partial charge in [-0.25, -0.2) is 0 Å². The molecule has 0 aromatic carbocycles. The van der Waals surface area contributed by atoms with E-state index in [9.17, 15) is 9.59 Å². The van der Waals surface area contributed by atoms with Crippen LogP contribution in [0.4, 0.5) is 0 Å². The zero-order valence-corrected chi connectivity index (χ0v) is 11.9. The van der Waals surface area contributed by atoms with Crippen LogP contribution in [0.1, 0.15) is 41.8 Å². The van der Waals surface area contributed by atoms with Crippen molar-refractivity contribution in [3.05, 3.63) is 22.4 Å². The maximum Gasteiger partial charge on any atom is 0.263 e. The smallest absolute Gasteiger partial charge is 0.263 e. The Labute approximate surface area is 117 Å². The lowest BCUT2D eigenvalue weighted by Gasteiger charge is -2.21. The molecule has 0 bridgehead atoms. The molecule has 0 radical (unpaired) electrons. The summed E-state index contributed by atoms with van der Waals surface area (Å²) >= 11 is 1.46. The number of amides is 2. The highest BCUT2D eigenvalue weighted by Crippen LogP contribution is 2.14. The van der Waals surface area contributed by atoms with E-state index in [1.807, 2.05) is 22.4 Å². The molecule has 5 heteroatoms. The van der Waals surface area contributed by atoms with Gasteiger partial charge in [-0.2, -0.15) is 0 Å². The second-order valence-corrected chi connectivity index (χ2v) is 5.73. The first-order valence-electron chi connectivity index (χ1n) is 6.87. The number of carbonyl (C=O) groups excluding carboxylic acids is 2. The maximum atomic E-state index is 12.3. The van der Waals surface area contributed by atoms with Crippen LogP contribution in [0.15, 0.2) is 17.5 Å². The van der Waals surface area contributed by atoms with Crippen LogP contribution in [0.5, 0.6) is 0 Å². The highest BCUT2D eigenvalue weighted by molar-refractivity contribution is 7.12. The summed E-state index contributed by atoms with van der Waals surface area (Å²) in [7, 11) is 0. The van der Waals surface area contributed by atoms with Gasteiger partial charge in [-0.05, 0) is 24.3 Å². The van der Waals surface area contributed by atoms with Gasteiger partial charge in [0, 0.05) is 26.1 Å². The zero-order valence-electron chi connectivity index (χ0n) is 11.1. The van der Waals surface area contributed by atoms with Gasteiger partial charge in [0.15, 0.2) is 0 Å².